The Morgan fingerprint density at radius 1 is 1.12 bits per heavy atom. The zero-order chi connectivity index (χ0) is 19.3. The highest BCUT2D eigenvalue weighted by Crippen LogP contribution is 2.32. The molecule has 4 amide bonds. The van der Waals surface area contributed by atoms with Gasteiger partial charge >= 0.3 is 6.03 Å². The maximum absolute atomic E-state index is 13.2. The van der Waals surface area contributed by atoms with E-state index in [0.29, 0.717) is 25.1 Å². The first-order chi connectivity index (χ1) is 12.4. The molecule has 1 aliphatic rings. The van der Waals surface area contributed by atoms with E-state index in [4.69, 9.17) is 0 Å². The van der Waals surface area contributed by atoms with Crippen LogP contribution in [0, 0.1) is 5.82 Å². The van der Waals surface area contributed by atoms with Crippen LogP contribution in [0.4, 0.5) is 9.18 Å². The molecule has 0 saturated carbocycles. The van der Waals surface area contributed by atoms with Crippen LogP contribution in [0.3, 0.4) is 0 Å². The lowest BCUT2D eigenvalue weighted by atomic mass is 9.87. The summed E-state index contributed by atoms with van der Waals surface area (Å²) in [5.74, 6) is -1.14. The van der Waals surface area contributed by atoms with Gasteiger partial charge in [-0.1, -0.05) is 32.9 Å². The predicted octanol–water partition coefficient (Wildman–Crippen LogP) is 2.63. The molecular formula is C19H26FN3O3. The molecule has 1 aliphatic heterocycles. The van der Waals surface area contributed by atoms with Crippen LogP contribution in [0.2, 0.25) is 0 Å². The molecule has 0 spiro atoms. The van der Waals surface area contributed by atoms with Crippen molar-refractivity contribution in [2.75, 3.05) is 19.6 Å². The quantitative estimate of drug-likeness (QED) is 0.722. The Morgan fingerprint density at radius 2 is 1.69 bits per heavy atom. The number of rotatable bonds is 8. The fraction of sp³-hybridized carbons (Fsp3) is 0.526. The number of urea groups is 1. The Bertz CT molecular complexity index is 671. The second kappa shape index (κ2) is 8.29. The lowest BCUT2D eigenvalue weighted by molar-refractivity contribution is -0.139. The van der Waals surface area contributed by atoms with Gasteiger partial charge in [0.15, 0.2) is 0 Å². The molecule has 1 heterocycles. The van der Waals surface area contributed by atoms with Crippen LogP contribution in [-0.2, 0) is 15.1 Å². The third-order valence-corrected chi connectivity index (χ3v) is 4.68. The van der Waals surface area contributed by atoms with Gasteiger partial charge in [-0.25, -0.2) is 9.18 Å². The van der Waals surface area contributed by atoms with Crippen molar-refractivity contribution in [3.63, 3.8) is 0 Å². The van der Waals surface area contributed by atoms with Crippen LogP contribution < -0.4 is 5.32 Å². The van der Waals surface area contributed by atoms with Gasteiger partial charge in [-0.05, 0) is 37.0 Å². The van der Waals surface area contributed by atoms with Crippen molar-refractivity contribution < 1.29 is 18.8 Å². The van der Waals surface area contributed by atoms with E-state index in [2.05, 4.69) is 5.32 Å². The third kappa shape index (κ3) is 3.71. The lowest BCUT2D eigenvalue weighted by Gasteiger charge is -2.26. The smallest absolute Gasteiger partial charge is 0.325 e. The monoisotopic (exact) mass is 363 g/mol. The Morgan fingerprint density at radius 3 is 2.19 bits per heavy atom. The average molecular weight is 363 g/mol. The largest absolute Gasteiger partial charge is 0.341 e. The summed E-state index contributed by atoms with van der Waals surface area (Å²) in [7, 11) is 0. The van der Waals surface area contributed by atoms with Gasteiger partial charge in [0.2, 0.25) is 5.91 Å². The molecule has 1 aromatic carbocycles. The summed E-state index contributed by atoms with van der Waals surface area (Å²) >= 11 is 0. The van der Waals surface area contributed by atoms with Crippen LogP contribution in [0.15, 0.2) is 24.3 Å². The van der Waals surface area contributed by atoms with Crippen LogP contribution >= 0.6 is 0 Å². The lowest BCUT2D eigenvalue weighted by Crippen LogP contribution is -2.45. The predicted molar refractivity (Wildman–Crippen MR) is 95.8 cm³/mol. The van der Waals surface area contributed by atoms with Gasteiger partial charge in [0, 0.05) is 13.1 Å². The number of benzene rings is 1. The van der Waals surface area contributed by atoms with Crippen molar-refractivity contribution in [3.8, 4) is 0 Å². The molecule has 1 fully saturated rings. The Kier molecular flexibility index (Phi) is 6.34. The van der Waals surface area contributed by atoms with E-state index in [1.165, 1.54) is 24.3 Å². The Balaban J connectivity index is 2.24. The van der Waals surface area contributed by atoms with Gasteiger partial charge in [-0.2, -0.15) is 0 Å². The van der Waals surface area contributed by atoms with Crippen molar-refractivity contribution in [1.82, 2.24) is 15.1 Å². The molecule has 0 aliphatic carbocycles. The number of nitrogens with zero attached hydrogens (tertiary/aromatic N) is 2. The molecular weight excluding hydrogens is 337 g/mol. The van der Waals surface area contributed by atoms with E-state index in [1.807, 2.05) is 13.8 Å². The zero-order valence-corrected chi connectivity index (χ0v) is 15.5. The highest BCUT2D eigenvalue weighted by molar-refractivity contribution is 6.09. The molecule has 1 saturated heterocycles. The normalized spacial score (nSPS) is 19.6. The number of imide groups is 1. The highest BCUT2D eigenvalue weighted by Gasteiger charge is 2.51. The molecule has 0 bridgehead atoms. The van der Waals surface area contributed by atoms with Gasteiger partial charge in [-0.3, -0.25) is 14.5 Å². The number of halogens is 1. The maximum atomic E-state index is 13.2. The summed E-state index contributed by atoms with van der Waals surface area (Å²) in [6, 6.07) is 4.89. The minimum Gasteiger partial charge on any atom is -0.341 e. The fourth-order valence-corrected chi connectivity index (χ4v) is 3.28. The average Bonchev–Trinajstić information content (AvgIpc) is 2.87. The first-order valence-corrected chi connectivity index (χ1v) is 9.07. The zero-order valence-electron chi connectivity index (χ0n) is 15.5. The standard InChI is InChI=1S/C19H26FN3O3/c1-4-11-22(12-5-2)16(24)13-23-17(25)19(6-3,21-18(23)26)14-7-9-15(20)10-8-14/h7-10H,4-6,11-13H2,1-3H3,(H,21,26)/t19-/m1/s1. The van der Waals surface area contributed by atoms with Gasteiger partial charge < -0.3 is 10.2 Å². The molecule has 1 N–H and O–H groups in total. The second-order valence-corrected chi connectivity index (χ2v) is 6.47. The van der Waals surface area contributed by atoms with Gasteiger partial charge in [-0.15, -0.1) is 0 Å². The molecule has 0 unspecified atom stereocenters. The topological polar surface area (TPSA) is 69.7 Å². The molecule has 2 rings (SSSR count). The second-order valence-electron chi connectivity index (χ2n) is 6.47. The number of nitrogens with one attached hydrogen (secondary N) is 1. The minimum atomic E-state index is -1.26. The number of amides is 4. The first-order valence-electron chi connectivity index (χ1n) is 9.07. The van der Waals surface area contributed by atoms with Crippen molar-refractivity contribution in [2.24, 2.45) is 0 Å². The summed E-state index contributed by atoms with van der Waals surface area (Å²) in [6.07, 6.45) is 1.92. The van der Waals surface area contributed by atoms with Crippen molar-refractivity contribution >= 4 is 17.8 Å². The van der Waals surface area contributed by atoms with Gasteiger partial charge in [0.1, 0.15) is 17.9 Å². The molecule has 1 atom stereocenters. The van der Waals surface area contributed by atoms with Crippen LogP contribution in [0.25, 0.3) is 0 Å². The molecule has 1 aromatic rings. The van der Waals surface area contributed by atoms with E-state index in [1.54, 1.807) is 11.8 Å². The number of carbonyl (C=O) groups is 3. The van der Waals surface area contributed by atoms with Gasteiger partial charge in [0.05, 0.1) is 0 Å². The summed E-state index contributed by atoms with van der Waals surface area (Å²) < 4.78 is 13.2. The van der Waals surface area contributed by atoms with Gasteiger partial charge in [0.25, 0.3) is 5.91 Å². The summed E-state index contributed by atoms with van der Waals surface area (Å²) in [5.41, 5.74) is -0.750. The summed E-state index contributed by atoms with van der Waals surface area (Å²) in [5, 5.41) is 2.71. The Hall–Kier alpha value is -2.44. The van der Waals surface area contributed by atoms with Crippen molar-refractivity contribution in [3.05, 3.63) is 35.6 Å². The molecule has 6 nitrogen and oxygen atoms in total. The molecule has 0 aromatic heterocycles. The molecule has 26 heavy (non-hydrogen) atoms. The molecule has 142 valence electrons. The van der Waals surface area contributed by atoms with Crippen LogP contribution in [0.5, 0.6) is 0 Å². The van der Waals surface area contributed by atoms with Crippen LogP contribution in [0.1, 0.15) is 45.6 Å². The summed E-state index contributed by atoms with van der Waals surface area (Å²) in [4.78, 5) is 40.6. The fourth-order valence-electron chi connectivity index (χ4n) is 3.28. The third-order valence-electron chi connectivity index (χ3n) is 4.68. The maximum Gasteiger partial charge on any atom is 0.325 e. The van der Waals surface area contributed by atoms with E-state index in [-0.39, 0.29) is 12.5 Å². The van der Waals surface area contributed by atoms with E-state index in [0.717, 1.165) is 17.7 Å². The minimum absolute atomic E-state index is 0.247. The van der Waals surface area contributed by atoms with E-state index < -0.39 is 23.3 Å². The SMILES string of the molecule is CCCN(CCC)C(=O)CN1C(=O)N[C@](CC)(c2ccc(F)cc2)C1=O. The number of carbonyl (C=O) groups excluding carboxylic acids is 3. The van der Waals surface area contributed by atoms with E-state index >= 15 is 0 Å². The molecule has 7 heteroatoms. The van der Waals surface area contributed by atoms with Crippen LogP contribution in [-0.4, -0.2) is 47.3 Å². The van der Waals surface area contributed by atoms with E-state index in [9.17, 15) is 18.8 Å². The Labute approximate surface area is 153 Å². The summed E-state index contributed by atoms with van der Waals surface area (Å²) in [6.45, 7) is 6.61. The highest BCUT2D eigenvalue weighted by atomic mass is 19.1. The first kappa shape index (κ1) is 19.9. The van der Waals surface area contributed by atoms with Crippen molar-refractivity contribution in [1.29, 1.82) is 0 Å². The number of hydrogen-bond donors (Lipinski definition) is 1. The molecule has 0 radical (unpaired) electrons. The number of hydrogen-bond acceptors (Lipinski definition) is 3. The van der Waals surface area contributed by atoms with Crippen molar-refractivity contribution in [2.45, 2.75) is 45.6 Å².